The molecule has 1 fully saturated rings. The van der Waals surface area contributed by atoms with Crippen LogP contribution in [0.3, 0.4) is 0 Å². The van der Waals surface area contributed by atoms with Crippen molar-refractivity contribution in [2.45, 2.75) is 32.2 Å². The van der Waals surface area contributed by atoms with Crippen LogP contribution < -0.4 is 5.32 Å². The minimum atomic E-state index is 0. The van der Waals surface area contributed by atoms with E-state index in [1.165, 1.54) is 0 Å². The Morgan fingerprint density at radius 1 is 1.45 bits per heavy atom. The maximum absolute atomic E-state index is 12.6. The fraction of sp³-hybridized carbons (Fsp3) is 0.533. The third kappa shape index (κ3) is 3.08. The van der Waals surface area contributed by atoms with E-state index in [0.29, 0.717) is 17.3 Å². The lowest BCUT2D eigenvalue weighted by Crippen LogP contribution is -2.43. The summed E-state index contributed by atoms with van der Waals surface area (Å²) < 4.78 is 5.15. The second-order valence-corrected chi connectivity index (χ2v) is 5.41. The smallest absolute Gasteiger partial charge is 0.257 e. The first-order valence-electron chi connectivity index (χ1n) is 7.43. The summed E-state index contributed by atoms with van der Waals surface area (Å²) in [5.74, 6) is 0.0437. The van der Waals surface area contributed by atoms with Crippen molar-refractivity contribution in [2.75, 3.05) is 20.1 Å². The van der Waals surface area contributed by atoms with Gasteiger partial charge in [-0.2, -0.15) is 0 Å². The Bertz CT molecular complexity index is 650. The predicted octanol–water partition coefficient (Wildman–Crippen LogP) is 2.03. The molecule has 1 N–H and O–H groups in total. The fourth-order valence-electron chi connectivity index (χ4n) is 2.80. The first-order valence-corrected chi connectivity index (χ1v) is 7.43. The topological polar surface area (TPSA) is 71.3 Å². The lowest BCUT2D eigenvalue weighted by Gasteiger charge is -2.31. The molecule has 0 unspecified atom stereocenters. The SMILES string of the molecule is CCc1noc2ncc(C(=O)N3CCC(NC)CC3)cc12.Cl. The number of aromatic nitrogens is 2. The summed E-state index contributed by atoms with van der Waals surface area (Å²) in [5, 5.41) is 8.09. The number of halogens is 1. The Labute approximate surface area is 135 Å². The van der Waals surface area contributed by atoms with Gasteiger partial charge >= 0.3 is 0 Å². The summed E-state index contributed by atoms with van der Waals surface area (Å²) in [4.78, 5) is 18.7. The average Bonchev–Trinajstić information content (AvgIpc) is 2.96. The number of likely N-dealkylation sites (tertiary alicyclic amines) is 1. The van der Waals surface area contributed by atoms with Crippen molar-refractivity contribution in [3.8, 4) is 0 Å². The van der Waals surface area contributed by atoms with Crippen molar-refractivity contribution < 1.29 is 9.32 Å². The van der Waals surface area contributed by atoms with Gasteiger partial charge in [0.15, 0.2) is 0 Å². The maximum Gasteiger partial charge on any atom is 0.257 e. The molecule has 2 aromatic rings. The van der Waals surface area contributed by atoms with Crippen LogP contribution in [0.4, 0.5) is 0 Å². The summed E-state index contributed by atoms with van der Waals surface area (Å²) in [5.41, 5.74) is 1.96. The van der Waals surface area contributed by atoms with E-state index >= 15 is 0 Å². The Kier molecular flexibility index (Phi) is 5.37. The first kappa shape index (κ1) is 16.7. The molecule has 6 nitrogen and oxygen atoms in total. The number of nitrogens with one attached hydrogen (secondary N) is 1. The number of hydrogen-bond acceptors (Lipinski definition) is 5. The molecular weight excluding hydrogens is 304 g/mol. The molecule has 0 aliphatic carbocycles. The van der Waals surface area contributed by atoms with E-state index in [4.69, 9.17) is 4.52 Å². The van der Waals surface area contributed by atoms with Crippen molar-refractivity contribution in [1.82, 2.24) is 20.4 Å². The quantitative estimate of drug-likeness (QED) is 0.935. The van der Waals surface area contributed by atoms with Gasteiger partial charge in [-0.25, -0.2) is 4.98 Å². The first-order chi connectivity index (χ1) is 10.2. The molecule has 2 aromatic heterocycles. The van der Waals surface area contributed by atoms with Crippen LogP contribution >= 0.6 is 12.4 Å². The molecule has 0 bridgehead atoms. The van der Waals surface area contributed by atoms with Gasteiger partial charge in [-0.1, -0.05) is 12.1 Å². The number of hydrogen-bond donors (Lipinski definition) is 1. The van der Waals surface area contributed by atoms with Gasteiger partial charge in [-0.05, 0) is 32.4 Å². The van der Waals surface area contributed by atoms with Crippen LogP contribution in [-0.2, 0) is 6.42 Å². The molecule has 0 atom stereocenters. The van der Waals surface area contributed by atoms with Gasteiger partial charge in [0.1, 0.15) is 0 Å². The molecule has 3 rings (SSSR count). The highest BCUT2D eigenvalue weighted by Crippen LogP contribution is 2.20. The summed E-state index contributed by atoms with van der Waals surface area (Å²) >= 11 is 0. The second-order valence-electron chi connectivity index (χ2n) is 5.41. The van der Waals surface area contributed by atoms with Crippen molar-refractivity contribution >= 4 is 29.4 Å². The Hall–Kier alpha value is -1.66. The van der Waals surface area contributed by atoms with Crippen LogP contribution in [-0.4, -0.2) is 47.1 Å². The van der Waals surface area contributed by atoms with Gasteiger partial charge in [0.25, 0.3) is 11.6 Å². The Balaban J connectivity index is 0.00000176. The molecule has 0 spiro atoms. The Morgan fingerprint density at radius 2 is 2.18 bits per heavy atom. The van der Waals surface area contributed by atoms with E-state index in [-0.39, 0.29) is 18.3 Å². The number of carbonyl (C=O) groups is 1. The van der Waals surface area contributed by atoms with Crippen LogP contribution in [0.25, 0.3) is 11.1 Å². The minimum Gasteiger partial charge on any atom is -0.338 e. The molecule has 1 saturated heterocycles. The molecule has 0 saturated carbocycles. The molecule has 3 heterocycles. The summed E-state index contributed by atoms with van der Waals surface area (Å²) in [7, 11) is 1.97. The molecule has 1 amide bonds. The molecular formula is C15H21ClN4O2. The molecule has 0 aromatic carbocycles. The summed E-state index contributed by atoms with van der Waals surface area (Å²) in [6, 6.07) is 2.36. The highest BCUT2D eigenvalue weighted by Gasteiger charge is 2.23. The molecule has 7 heteroatoms. The van der Waals surface area contributed by atoms with Crippen molar-refractivity contribution in [2.24, 2.45) is 0 Å². The van der Waals surface area contributed by atoms with E-state index in [0.717, 1.165) is 43.4 Å². The van der Waals surface area contributed by atoms with E-state index in [9.17, 15) is 4.79 Å². The number of amides is 1. The third-order valence-corrected chi connectivity index (χ3v) is 4.18. The van der Waals surface area contributed by atoms with Crippen LogP contribution in [0.5, 0.6) is 0 Å². The van der Waals surface area contributed by atoms with Crippen LogP contribution in [0, 0.1) is 0 Å². The predicted molar refractivity (Wildman–Crippen MR) is 86.4 cm³/mol. The zero-order chi connectivity index (χ0) is 14.8. The third-order valence-electron chi connectivity index (χ3n) is 4.18. The fourth-order valence-corrected chi connectivity index (χ4v) is 2.80. The number of piperidine rings is 1. The average molecular weight is 325 g/mol. The number of rotatable bonds is 3. The lowest BCUT2D eigenvalue weighted by atomic mass is 10.0. The zero-order valence-corrected chi connectivity index (χ0v) is 13.7. The van der Waals surface area contributed by atoms with Gasteiger partial charge < -0.3 is 14.7 Å². The number of aryl methyl sites for hydroxylation is 1. The molecule has 0 radical (unpaired) electrons. The largest absolute Gasteiger partial charge is 0.338 e. The number of fused-ring (bicyclic) bond motifs is 1. The van der Waals surface area contributed by atoms with Gasteiger partial charge in [0.2, 0.25) is 0 Å². The monoisotopic (exact) mass is 324 g/mol. The number of carbonyl (C=O) groups excluding carboxylic acids is 1. The molecule has 1 aliphatic rings. The highest BCUT2D eigenvalue weighted by molar-refractivity contribution is 5.97. The molecule has 22 heavy (non-hydrogen) atoms. The van der Waals surface area contributed by atoms with Crippen LogP contribution in [0.15, 0.2) is 16.8 Å². The van der Waals surface area contributed by atoms with Crippen LogP contribution in [0.1, 0.15) is 35.8 Å². The van der Waals surface area contributed by atoms with Gasteiger partial charge in [-0.15, -0.1) is 12.4 Å². The molecule has 120 valence electrons. The normalized spacial score (nSPS) is 15.8. The van der Waals surface area contributed by atoms with E-state index in [1.54, 1.807) is 6.20 Å². The summed E-state index contributed by atoms with van der Waals surface area (Å²) in [6.07, 6.45) is 4.33. The minimum absolute atomic E-state index is 0. The van der Waals surface area contributed by atoms with E-state index in [2.05, 4.69) is 15.5 Å². The van der Waals surface area contributed by atoms with Crippen molar-refractivity contribution in [3.63, 3.8) is 0 Å². The highest BCUT2D eigenvalue weighted by atomic mass is 35.5. The standard InChI is InChI=1S/C15H20N4O2.ClH/c1-3-13-12-8-10(9-17-14(12)21-18-13)15(20)19-6-4-11(16-2)5-7-19;/h8-9,11,16H,3-7H2,1-2H3;1H. The van der Waals surface area contributed by atoms with Gasteiger partial charge in [-0.3, -0.25) is 4.79 Å². The number of pyridine rings is 1. The second kappa shape index (κ2) is 7.07. The summed E-state index contributed by atoms with van der Waals surface area (Å²) in [6.45, 7) is 3.58. The number of nitrogens with zero attached hydrogens (tertiary/aromatic N) is 3. The van der Waals surface area contributed by atoms with Crippen molar-refractivity contribution in [1.29, 1.82) is 0 Å². The maximum atomic E-state index is 12.6. The van der Waals surface area contributed by atoms with E-state index in [1.807, 2.05) is 24.9 Å². The van der Waals surface area contributed by atoms with E-state index < -0.39 is 0 Å². The molecule has 1 aliphatic heterocycles. The van der Waals surface area contributed by atoms with Gasteiger partial charge in [0, 0.05) is 25.3 Å². The van der Waals surface area contributed by atoms with Crippen molar-refractivity contribution in [3.05, 3.63) is 23.5 Å². The lowest BCUT2D eigenvalue weighted by molar-refractivity contribution is 0.0707. The zero-order valence-electron chi connectivity index (χ0n) is 12.8. The van der Waals surface area contributed by atoms with Gasteiger partial charge in [0.05, 0.1) is 16.6 Å². The Morgan fingerprint density at radius 3 is 2.82 bits per heavy atom. The van der Waals surface area contributed by atoms with Crippen LogP contribution in [0.2, 0.25) is 0 Å².